The van der Waals surface area contributed by atoms with Crippen LogP contribution in [0.1, 0.15) is 373 Å². The fraction of sp³-hybridized carbons (Fsp3) is 0.861. The van der Waals surface area contributed by atoms with Crippen molar-refractivity contribution in [1.82, 2.24) is 5.32 Å². The molecule has 1 amide bonds. The molecule has 0 aliphatic heterocycles. The Morgan fingerprint density at radius 3 is 1.01 bits per heavy atom. The number of unbranched alkanes of at least 4 members (excludes halogenated alkanes) is 48. The molecular weight excluding hydrogens is 959 g/mol. The summed E-state index contributed by atoms with van der Waals surface area (Å²) in [6, 6.07) is -0.630. The Balaban J connectivity index is 3.41. The molecule has 6 heteroatoms. The van der Waals surface area contributed by atoms with Crippen LogP contribution in [-0.2, 0) is 14.3 Å². The largest absolute Gasteiger partial charge is 0.466 e. The van der Waals surface area contributed by atoms with Gasteiger partial charge in [0.05, 0.1) is 25.4 Å². The van der Waals surface area contributed by atoms with Crippen molar-refractivity contribution in [2.75, 3.05) is 13.2 Å². The number of carbonyl (C=O) groups excluding carboxylic acids is 2. The highest BCUT2D eigenvalue weighted by atomic mass is 16.5. The molecule has 0 aliphatic carbocycles. The molecule has 0 spiro atoms. The van der Waals surface area contributed by atoms with Crippen LogP contribution in [0.5, 0.6) is 0 Å². The molecule has 0 saturated heterocycles. The van der Waals surface area contributed by atoms with E-state index in [1.807, 2.05) is 6.08 Å². The van der Waals surface area contributed by atoms with Gasteiger partial charge >= 0.3 is 5.97 Å². The molecule has 0 aromatic rings. The summed E-state index contributed by atoms with van der Waals surface area (Å²) in [6.07, 6.45) is 87.5. The second-order valence-corrected chi connectivity index (χ2v) is 23.9. The number of allylic oxidation sites excluding steroid dienone is 7. The molecule has 0 bridgehead atoms. The van der Waals surface area contributed by atoms with Crippen LogP contribution >= 0.6 is 0 Å². The van der Waals surface area contributed by atoms with E-state index in [1.54, 1.807) is 6.08 Å². The maximum atomic E-state index is 12.5. The smallest absolute Gasteiger partial charge is 0.305 e. The predicted octanol–water partition coefficient (Wildman–Crippen LogP) is 22.5. The SMILES string of the molecule is CCCCC/C=C\C/C=C\CCCCCCCCCC(=O)OCCCCCCCCCCCCCC/C=C\CCCCCCCCCCCCC(=O)NC(CO)C(O)/C=C/CCCCCCCCCCCCCCCCCC. The monoisotopic (exact) mass is 1090 g/mol. The van der Waals surface area contributed by atoms with Gasteiger partial charge in [-0.2, -0.15) is 0 Å². The van der Waals surface area contributed by atoms with E-state index < -0.39 is 12.1 Å². The number of esters is 1. The van der Waals surface area contributed by atoms with Crippen LogP contribution < -0.4 is 5.32 Å². The Hall–Kier alpha value is -2.18. The van der Waals surface area contributed by atoms with Gasteiger partial charge < -0.3 is 20.3 Å². The molecule has 0 aromatic carbocycles. The Morgan fingerprint density at radius 2 is 0.641 bits per heavy atom. The second-order valence-electron chi connectivity index (χ2n) is 23.9. The van der Waals surface area contributed by atoms with Crippen LogP contribution in [0.4, 0.5) is 0 Å². The average Bonchev–Trinajstić information content (AvgIpc) is 3.44. The minimum absolute atomic E-state index is 0.00627. The highest BCUT2D eigenvalue weighted by Crippen LogP contribution is 2.18. The molecule has 0 saturated carbocycles. The first-order chi connectivity index (χ1) is 38.5. The third kappa shape index (κ3) is 63.0. The van der Waals surface area contributed by atoms with Gasteiger partial charge in [-0.15, -0.1) is 0 Å². The lowest BCUT2D eigenvalue weighted by atomic mass is 10.0. The maximum absolute atomic E-state index is 12.5. The Morgan fingerprint density at radius 1 is 0.359 bits per heavy atom. The van der Waals surface area contributed by atoms with Gasteiger partial charge in [-0.25, -0.2) is 0 Å². The van der Waals surface area contributed by atoms with Gasteiger partial charge in [0.15, 0.2) is 0 Å². The van der Waals surface area contributed by atoms with Crippen molar-refractivity contribution in [2.24, 2.45) is 0 Å². The van der Waals surface area contributed by atoms with Crippen molar-refractivity contribution < 1.29 is 24.5 Å². The van der Waals surface area contributed by atoms with E-state index in [0.29, 0.717) is 19.4 Å². The highest BCUT2D eigenvalue weighted by molar-refractivity contribution is 5.76. The minimum atomic E-state index is -0.847. The van der Waals surface area contributed by atoms with E-state index in [4.69, 9.17) is 4.74 Å². The second kappa shape index (κ2) is 67.3. The van der Waals surface area contributed by atoms with Crippen molar-refractivity contribution in [3.63, 3.8) is 0 Å². The molecule has 2 unspecified atom stereocenters. The zero-order valence-corrected chi connectivity index (χ0v) is 52.4. The normalized spacial score (nSPS) is 12.8. The van der Waals surface area contributed by atoms with Crippen molar-refractivity contribution in [1.29, 1.82) is 0 Å². The van der Waals surface area contributed by atoms with Crippen LogP contribution in [0, 0.1) is 0 Å². The van der Waals surface area contributed by atoms with Gasteiger partial charge in [0.2, 0.25) is 5.91 Å². The maximum Gasteiger partial charge on any atom is 0.305 e. The number of aliphatic hydroxyl groups is 2. The summed E-state index contributed by atoms with van der Waals surface area (Å²) < 4.78 is 5.50. The van der Waals surface area contributed by atoms with Gasteiger partial charge in [0, 0.05) is 12.8 Å². The first-order valence-electron chi connectivity index (χ1n) is 34.9. The van der Waals surface area contributed by atoms with E-state index >= 15 is 0 Å². The number of ether oxygens (including phenoxy) is 1. The van der Waals surface area contributed by atoms with Crippen LogP contribution in [0.15, 0.2) is 48.6 Å². The number of amides is 1. The molecule has 78 heavy (non-hydrogen) atoms. The third-order valence-corrected chi connectivity index (χ3v) is 16.1. The topological polar surface area (TPSA) is 95.9 Å². The van der Waals surface area contributed by atoms with Crippen molar-refractivity contribution >= 4 is 11.9 Å². The summed E-state index contributed by atoms with van der Waals surface area (Å²) in [5.74, 6) is -0.0613. The van der Waals surface area contributed by atoms with Crippen molar-refractivity contribution in [3.8, 4) is 0 Å². The third-order valence-electron chi connectivity index (χ3n) is 16.1. The molecule has 2 atom stereocenters. The lowest BCUT2D eigenvalue weighted by molar-refractivity contribution is -0.143. The molecule has 0 heterocycles. The standard InChI is InChI=1S/C72H135NO5/c1-3-5-7-9-11-13-15-17-19-21-33-36-40-44-48-52-56-60-64-70(75)69(68-74)73-71(76)65-61-57-53-49-45-41-37-34-30-28-26-24-22-23-25-27-29-31-35-39-43-47-51-55-59-63-67-78-72(77)66-62-58-54-50-46-42-38-32-20-18-16-14-12-10-8-6-4-2/h12,14,18,20,22,24,60,64,69-70,74-75H,3-11,13,15-17,19,21,23,25-59,61-63,65-68H2,1-2H3,(H,73,76)/b14-12-,20-18-,24-22-,64-60+. The number of nitrogens with one attached hydrogen (secondary N) is 1. The van der Waals surface area contributed by atoms with Gasteiger partial charge in [-0.3, -0.25) is 9.59 Å². The van der Waals surface area contributed by atoms with Gasteiger partial charge in [-0.05, 0) is 89.9 Å². The molecule has 0 aliphatic rings. The number of rotatable bonds is 65. The van der Waals surface area contributed by atoms with Gasteiger partial charge in [0.1, 0.15) is 0 Å². The average molecular weight is 1090 g/mol. The number of hydrogen-bond donors (Lipinski definition) is 3. The fourth-order valence-electron chi connectivity index (χ4n) is 10.7. The van der Waals surface area contributed by atoms with E-state index in [-0.39, 0.29) is 18.5 Å². The van der Waals surface area contributed by atoms with Crippen LogP contribution in [0.3, 0.4) is 0 Å². The summed E-state index contributed by atoms with van der Waals surface area (Å²) >= 11 is 0. The number of carbonyl (C=O) groups is 2. The summed E-state index contributed by atoms with van der Waals surface area (Å²) in [6.45, 7) is 4.90. The van der Waals surface area contributed by atoms with E-state index in [0.717, 1.165) is 51.4 Å². The fourth-order valence-corrected chi connectivity index (χ4v) is 10.7. The van der Waals surface area contributed by atoms with Crippen molar-refractivity contribution in [2.45, 2.75) is 386 Å². The van der Waals surface area contributed by atoms with Gasteiger partial charge in [0.25, 0.3) is 0 Å². The summed E-state index contributed by atoms with van der Waals surface area (Å²) in [7, 11) is 0. The quantitative estimate of drug-likeness (QED) is 0.0320. The van der Waals surface area contributed by atoms with E-state index in [2.05, 4.69) is 55.6 Å². The molecular formula is C72H135NO5. The Labute approximate surface area is 486 Å². The molecule has 0 aromatic heterocycles. The molecule has 6 nitrogen and oxygen atoms in total. The lowest BCUT2D eigenvalue weighted by Crippen LogP contribution is -2.45. The molecule has 0 fully saturated rings. The van der Waals surface area contributed by atoms with Crippen LogP contribution in [-0.4, -0.2) is 47.4 Å². The lowest BCUT2D eigenvalue weighted by Gasteiger charge is -2.20. The highest BCUT2D eigenvalue weighted by Gasteiger charge is 2.18. The molecule has 0 radical (unpaired) electrons. The number of hydrogen-bond acceptors (Lipinski definition) is 5. The summed E-state index contributed by atoms with van der Waals surface area (Å²) in [5, 5.41) is 23.2. The Bertz CT molecular complexity index is 1310. The summed E-state index contributed by atoms with van der Waals surface area (Å²) in [4.78, 5) is 24.6. The minimum Gasteiger partial charge on any atom is -0.466 e. The molecule has 458 valence electrons. The number of aliphatic hydroxyl groups excluding tert-OH is 2. The van der Waals surface area contributed by atoms with Crippen molar-refractivity contribution in [3.05, 3.63) is 48.6 Å². The Kier molecular flexibility index (Phi) is 65.4. The van der Waals surface area contributed by atoms with Crippen LogP contribution in [0.2, 0.25) is 0 Å². The predicted molar refractivity (Wildman–Crippen MR) is 342 cm³/mol. The first-order valence-corrected chi connectivity index (χ1v) is 34.9. The van der Waals surface area contributed by atoms with E-state index in [9.17, 15) is 19.8 Å². The zero-order valence-electron chi connectivity index (χ0n) is 52.4. The van der Waals surface area contributed by atoms with Gasteiger partial charge in [-0.1, -0.05) is 319 Å². The van der Waals surface area contributed by atoms with E-state index in [1.165, 1.54) is 295 Å². The summed E-state index contributed by atoms with van der Waals surface area (Å²) in [5.41, 5.74) is 0. The molecule has 3 N–H and O–H groups in total. The zero-order chi connectivity index (χ0) is 56.4. The molecule has 0 rings (SSSR count). The van der Waals surface area contributed by atoms with Crippen LogP contribution in [0.25, 0.3) is 0 Å². The first kappa shape index (κ1) is 75.8.